The Kier molecular flexibility index (Phi) is 2.95. The topological polar surface area (TPSA) is 46.3 Å². The van der Waals surface area contributed by atoms with E-state index < -0.39 is 0 Å². The third-order valence-electron chi connectivity index (χ3n) is 4.02. The standard InChI is InChI=1S/C12H20N2OS/c1-12(2)7-9(12)11(15)14-5-3-8(4-6-14)10(13)16/h8-9H,3-7H2,1-2H3,(H2,13,16). The van der Waals surface area contributed by atoms with Crippen LogP contribution in [0.2, 0.25) is 0 Å². The fourth-order valence-corrected chi connectivity index (χ4v) is 2.73. The Morgan fingerprint density at radius 1 is 1.38 bits per heavy atom. The van der Waals surface area contributed by atoms with Crippen molar-refractivity contribution in [3.8, 4) is 0 Å². The van der Waals surface area contributed by atoms with Crippen LogP contribution >= 0.6 is 12.2 Å². The van der Waals surface area contributed by atoms with Gasteiger partial charge < -0.3 is 10.6 Å². The Hall–Kier alpha value is -0.640. The molecule has 1 unspecified atom stereocenters. The summed E-state index contributed by atoms with van der Waals surface area (Å²) in [7, 11) is 0. The zero-order valence-electron chi connectivity index (χ0n) is 10.0. The summed E-state index contributed by atoms with van der Waals surface area (Å²) in [6, 6.07) is 0. The van der Waals surface area contributed by atoms with Gasteiger partial charge in [-0.15, -0.1) is 0 Å². The third-order valence-corrected chi connectivity index (χ3v) is 4.35. The zero-order chi connectivity index (χ0) is 11.9. The molecule has 0 aromatic rings. The molecule has 1 atom stereocenters. The fraction of sp³-hybridized carbons (Fsp3) is 0.833. The Bertz CT molecular complexity index is 319. The minimum absolute atomic E-state index is 0.233. The summed E-state index contributed by atoms with van der Waals surface area (Å²) in [5.74, 6) is 0.937. The molecule has 1 heterocycles. The quantitative estimate of drug-likeness (QED) is 0.745. The van der Waals surface area contributed by atoms with Gasteiger partial charge in [0.05, 0.1) is 4.99 Å². The van der Waals surface area contributed by atoms with Gasteiger partial charge in [-0.05, 0) is 24.7 Å². The Labute approximate surface area is 102 Å². The Morgan fingerprint density at radius 3 is 2.25 bits per heavy atom. The smallest absolute Gasteiger partial charge is 0.226 e. The highest BCUT2D eigenvalue weighted by Gasteiger charge is 2.52. The minimum Gasteiger partial charge on any atom is -0.393 e. The highest BCUT2D eigenvalue weighted by Crippen LogP contribution is 2.52. The molecule has 1 saturated heterocycles. The van der Waals surface area contributed by atoms with Crippen molar-refractivity contribution in [1.29, 1.82) is 0 Å². The molecule has 4 heteroatoms. The van der Waals surface area contributed by atoms with Crippen LogP contribution in [0.1, 0.15) is 33.1 Å². The van der Waals surface area contributed by atoms with Gasteiger partial charge in [0, 0.05) is 24.9 Å². The summed E-state index contributed by atoms with van der Waals surface area (Å²) in [5.41, 5.74) is 5.87. The molecule has 2 fully saturated rings. The number of likely N-dealkylation sites (tertiary alicyclic amines) is 1. The van der Waals surface area contributed by atoms with Crippen molar-refractivity contribution in [2.24, 2.45) is 23.0 Å². The highest BCUT2D eigenvalue weighted by molar-refractivity contribution is 7.80. The first-order chi connectivity index (χ1) is 7.42. The molecule has 1 saturated carbocycles. The summed E-state index contributed by atoms with van der Waals surface area (Å²) < 4.78 is 0. The lowest BCUT2D eigenvalue weighted by molar-refractivity contribution is -0.134. The van der Waals surface area contributed by atoms with Gasteiger partial charge >= 0.3 is 0 Å². The van der Waals surface area contributed by atoms with Crippen LogP contribution in [0.15, 0.2) is 0 Å². The molecule has 0 radical (unpaired) electrons. The predicted octanol–water partition coefficient (Wildman–Crippen LogP) is 1.56. The lowest BCUT2D eigenvalue weighted by Crippen LogP contribution is -2.42. The van der Waals surface area contributed by atoms with Crippen LogP contribution in [0.4, 0.5) is 0 Å². The van der Waals surface area contributed by atoms with Crippen LogP contribution in [-0.2, 0) is 4.79 Å². The molecular formula is C12H20N2OS. The molecule has 2 N–H and O–H groups in total. The Morgan fingerprint density at radius 2 is 1.88 bits per heavy atom. The summed E-state index contributed by atoms with van der Waals surface area (Å²) in [4.78, 5) is 14.7. The van der Waals surface area contributed by atoms with Gasteiger partial charge in [0.1, 0.15) is 0 Å². The van der Waals surface area contributed by atoms with Crippen LogP contribution in [0, 0.1) is 17.3 Å². The average molecular weight is 240 g/mol. The van der Waals surface area contributed by atoms with Crippen molar-refractivity contribution >= 4 is 23.1 Å². The second kappa shape index (κ2) is 3.99. The van der Waals surface area contributed by atoms with Gasteiger partial charge in [0.2, 0.25) is 5.91 Å². The predicted molar refractivity (Wildman–Crippen MR) is 68.0 cm³/mol. The van der Waals surface area contributed by atoms with Crippen LogP contribution in [0.3, 0.4) is 0 Å². The molecule has 16 heavy (non-hydrogen) atoms. The molecule has 0 aromatic carbocycles. The number of carbonyl (C=O) groups excluding carboxylic acids is 1. The van der Waals surface area contributed by atoms with E-state index in [1.807, 2.05) is 4.90 Å². The summed E-state index contributed by atoms with van der Waals surface area (Å²) in [6.07, 6.45) is 2.92. The molecule has 1 aliphatic heterocycles. The van der Waals surface area contributed by atoms with E-state index >= 15 is 0 Å². The third kappa shape index (κ3) is 2.21. The highest BCUT2D eigenvalue weighted by atomic mass is 32.1. The van der Waals surface area contributed by atoms with Crippen molar-refractivity contribution in [2.45, 2.75) is 33.1 Å². The number of nitrogens with zero attached hydrogens (tertiary/aromatic N) is 1. The van der Waals surface area contributed by atoms with Crippen LogP contribution in [-0.4, -0.2) is 28.9 Å². The van der Waals surface area contributed by atoms with Gasteiger partial charge in [-0.1, -0.05) is 26.1 Å². The average Bonchev–Trinajstić information content (AvgIpc) is 2.87. The van der Waals surface area contributed by atoms with E-state index in [-0.39, 0.29) is 11.3 Å². The lowest BCUT2D eigenvalue weighted by atomic mass is 9.96. The van der Waals surface area contributed by atoms with Gasteiger partial charge in [0.15, 0.2) is 0 Å². The van der Waals surface area contributed by atoms with E-state index in [0.29, 0.717) is 16.8 Å². The van der Waals surface area contributed by atoms with Crippen LogP contribution in [0.5, 0.6) is 0 Å². The number of carbonyl (C=O) groups is 1. The maximum absolute atomic E-state index is 12.1. The number of rotatable bonds is 2. The Balaban J connectivity index is 1.86. The van der Waals surface area contributed by atoms with E-state index in [9.17, 15) is 4.79 Å². The number of hydrogen-bond donors (Lipinski definition) is 1. The molecule has 90 valence electrons. The van der Waals surface area contributed by atoms with Crippen LogP contribution in [0.25, 0.3) is 0 Å². The molecule has 1 aliphatic carbocycles. The lowest BCUT2D eigenvalue weighted by Gasteiger charge is -2.32. The number of thiocarbonyl (C=S) groups is 1. The number of hydrogen-bond acceptors (Lipinski definition) is 2. The zero-order valence-corrected chi connectivity index (χ0v) is 10.8. The van der Waals surface area contributed by atoms with Gasteiger partial charge in [-0.3, -0.25) is 4.79 Å². The molecule has 2 rings (SSSR count). The molecule has 3 nitrogen and oxygen atoms in total. The number of amides is 1. The first-order valence-corrected chi connectivity index (χ1v) is 6.41. The van der Waals surface area contributed by atoms with Gasteiger partial charge in [-0.2, -0.15) is 0 Å². The normalized spacial score (nSPS) is 28.9. The van der Waals surface area contributed by atoms with E-state index in [0.717, 1.165) is 32.4 Å². The second-order valence-electron chi connectivity index (χ2n) is 5.75. The van der Waals surface area contributed by atoms with E-state index in [1.165, 1.54) is 0 Å². The van der Waals surface area contributed by atoms with Gasteiger partial charge in [0.25, 0.3) is 0 Å². The van der Waals surface area contributed by atoms with Crippen LogP contribution < -0.4 is 5.73 Å². The van der Waals surface area contributed by atoms with Crippen molar-refractivity contribution in [3.05, 3.63) is 0 Å². The summed E-state index contributed by atoms with van der Waals surface area (Å²) in [5, 5.41) is 0. The van der Waals surface area contributed by atoms with Crippen molar-refractivity contribution < 1.29 is 4.79 Å². The monoisotopic (exact) mass is 240 g/mol. The molecular weight excluding hydrogens is 220 g/mol. The first kappa shape index (κ1) is 11.8. The van der Waals surface area contributed by atoms with Gasteiger partial charge in [-0.25, -0.2) is 0 Å². The molecule has 0 aromatic heterocycles. The number of piperidine rings is 1. The molecule has 0 bridgehead atoms. The molecule has 1 amide bonds. The summed E-state index contributed by atoms with van der Waals surface area (Å²) in [6.45, 7) is 5.98. The van der Waals surface area contributed by atoms with E-state index in [2.05, 4.69) is 13.8 Å². The molecule has 0 spiro atoms. The second-order valence-corrected chi connectivity index (χ2v) is 6.22. The van der Waals surface area contributed by atoms with E-state index in [4.69, 9.17) is 18.0 Å². The number of nitrogens with two attached hydrogens (primary N) is 1. The largest absolute Gasteiger partial charge is 0.393 e. The first-order valence-electron chi connectivity index (χ1n) is 6.00. The fourth-order valence-electron chi connectivity index (χ4n) is 2.49. The maximum Gasteiger partial charge on any atom is 0.226 e. The van der Waals surface area contributed by atoms with Crippen molar-refractivity contribution in [3.63, 3.8) is 0 Å². The molecule has 2 aliphatic rings. The maximum atomic E-state index is 12.1. The minimum atomic E-state index is 0.233. The SMILES string of the molecule is CC1(C)CC1C(=O)N1CCC(C(N)=S)CC1. The van der Waals surface area contributed by atoms with Crippen molar-refractivity contribution in [1.82, 2.24) is 4.90 Å². The summed E-state index contributed by atoms with van der Waals surface area (Å²) >= 11 is 4.99. The van der Waals surface area contributed by atoms with E-state index in [1.54, 1.807) is 0 Å². The van der Waals surface area contributed by atoms with Crippen molar-refractivity contribution in [2.75, 3.05) is 13.1 Å².